The van der Waals surface area contributed by atoms with Crippen LogP contribution >= 0.6 is 0 Å². The molecule has 1 aliphatic carbocycles. The van der Waals surface area contributed by atoms with Gasteiger partial charge in [-0.15, -0.1) is 0 Å². The first kappa shape index (κ1) is 10.8. The zero-order valence-electron chi connectivity index (χ0n) is 8.92. The van der Waals surface area contributed by atoms with Crippen LogP contribution in [0.25, 0.3) is 0 Å². The standard InChI is InChI=1S/C12H22O/c1-3-10(2)9-12(13)11-7-5-4-6-8-11/h3,11-13H,4-9H2,1-2H3/b10-3-. The summed E-state index contributed by atoms with van der Waals surface area (Å²) in [5, 5.41) is 9.93. The van der Waals surface area contributed by atoms with E-state index in [4.69, 9.17) is 0 Å². The summed E-state index contributed by atoms with van der Waals surface area (Å²) in [7, 11) is 0. The van der Waals surface area contributed by atoms with Crippen molar-refractivity contribution in [2.75, 3.05) is 0 Å². The maximum atomic E-state index is 9.93. The largest absolute Gasteiger partial charge is 0.393 e. The summed E-state index contributed by atoms with van der Waals surface area (Å²) in [4.78, 5) is 0. The highest BCUT2D eigenvalue weighted by atomic mass is 16.3. The third kappa shape index (κ3) is 3.51. The van der Waals surface area contributed by atoms with Gasteiger partial charge in [0.1, 0.15) is 0 Å². The Labute approximate surface area is 81.9 Å². The number of aliphatic hydroxyl groups excluding tert-OH is 1. The lowest BCUT2D eigenvalue weighted by Gasteiger charge is -2.26. The molecule has 1 rings (SSSR count). The average Bonchev–Trinajstić information content (AvgIpc) is 2.19. The van der Waals surface area contributed by atoms with E-state index >= 15 is 0 Å². The molecule has 0 amide bonds. The van der Waals surface area contributed by atoms with Gasteiger partial charge in [-0.3, -0.25) is 0 Å². The van der Waals surface area contributed by atoms with Crippen molar-refractivity contribution in [3.05, 3.63) is 11.6 Å². The maximum absolute atomic E-state index is 9.93. The van der Waals surface area contributed by atoms with Crippen LogP contribution in [0.15, 0.2) is 11.6 Å². The minimum Gasteiger partial charge on any atom is -0.393 e. The first-order valence-corrected chi connectivity index (χ1v) is 5.54. The normalized spacial score (nSPS) is 23.2. The Morgan fingerprint density at radius 2 is 2.00 bits per heavy atom. The molecular weight excluding hydrogens is 160 g/mol. The number of aliphatic hydroxyl groups is 1. The molecule has 0 saturated heterocycles. The molecule has 0 heterocycles. The van der Waals surface area contributed by atoms with Gasteiger partial charge in [-0.2, -0.15) is 0 Å². The predicted octanol–water partition coefficient (Wildman–Crippen LogP) is 3.28. The molecule has 0 aliphatic heterocycles. The molecule has 0 bridgehead atoms. The van der Waals surface area contributed by atoms with Crippen molar-refractivity contribution in [3.63, 3.8) is 0 Å². The third-order valence-corrected chi connectivity index (χ3v) is 3.22. The minimum atomic E-state index is -0.0866. The lowest BCUT2D eigenvalue weighted by Crippen LogP contribution is -2.22. The minimum absolute atomic E-state index is 0.0866. The molecule has 1 heteroatoms. The van der Waals surface area contributed by atoms with Gasteiger partial charge in [0.25, 0.3) is 0 Å². The van der Waals surface area contributed by atoms with Gasteiger partial charge in [0.15, 0.2) is 0 Å². The summed E-state index contributed by atoms with van der Waals surface area (Å²) in [5.41, 5.74) is 1.32. The zero-order chi connectivity index (χ0) is 9.68. The fourth-order valence-corrected chi connectivity index (χ4v) is 2.13. The quantitative estimate of drug-likeness (QED) is 0.664. The molecule has 0 aromatic heterocycles. The molecule has 0 aromatic rings. The molecule has 1 aliphatic rings. The molecule has 1 unspecified atom stereocenters. The number of rotatable bonds is 3. The predicted molar refractivity (Wildman–Crippen MR) is 56.6 cm³/mol. The second-order valence-electron chi connectivity index (χ2n) is 4.30. The molecule has 1 atom stereocenters. The van der Waals surface area contributed by atoms with E-state index in [-0.39, 0.29) is 6.10 Å². The third-order valence-electron chi connectivity index (χ3n) is 3.22. The average molecular weight is 182 g/mol. The fourth-order valence-electron chi connectivity index (χ4n) is 2.13. The highest BCUT2D eigenvalue weighted by molar-refractivity contribution is 4.98. The van der Waals surface area contributed by atoms with Crippen LogP contribution in [0.5, 0.6) is 0 Å². The van der Waals surface area contributed by atoms with Crippen molar-refractivity contribution in [2.45, 2.75) is 58.5 Å². The van der Waals surface area contributed by atoms with Crippen molar-refractivity contribution in [2.24, 2.45) is 5.92 Å². The van der Waals surface area contributed by atoms with Crippen molar-refractivity contribution in [1.29, 1.82) is 0 Å². The van der Waals surface area contributed by atoms with Crippen LogP contribution in [-0.2, 0) is 0 Å². The van der Waals surface area contributed by atoms with E-state index < -0.39 is 0 Å². The second-order valence-corrected chi connectivity index (χ2v) is 4.30. The van der Waals surface area contributed by atoms with E-state index in [9.17, 15) is 5.11 Å². The van der Waals surface area contributed by atoms with Crippen LogP contribution in [0.1, 0.15) is 52.4 Å². The Kier molecular flexibility index (Phi) is 4.51. The van der Waals surface area contributed by atoms with Crippen molar-refractivity contribution in [3.8, 4) is 0 Å². The molecule has 0 aromatic carbocycles. The number of hydrogen-bond acceptors (Lipinski definition) is 1. The van der Waals surface area contributed by atoms with E-state index in [0.29, 0.717) is 5.92 Å². The van der Waals surface area contributed by atoms with Gasteiger partial charge in [0.05, 0.1) is 6.10 Å². The van der Waals surface area contributed by atoms with E-state index in [1.54, 1.807) is 0 Å². The Morgan fingerprint density at radius 1 is 1.38 bits per heavy atom. The first-order chi connectivity index (χ1) is 6.24. The van der Waals surface area contributed by atoms with E-state index in [1.165, 1.54) is 37.7 Å². The highest BCUT2D eigenvalue weighted by Crippen LogP contribution is 2.28. The molecule has 1 nitrogen and oxygen atoms in total. The van der Waals surface area contributed by atoms with E-state index in [1.807, 2.05) is 6.92 Å². The maximum Gasteiger partial charge on any atom is 0.0605 e. The molecule has 1 N–H and O–H groups in total. The SMILES string of the molecule is C/C=C(/C)CC(O)C1CCCCC1. The molecule has 0 radical (unpaired) electrons. The molecule has 76 valence electrons. The summed E-state index contributed by atoms with van der Waals surface area (Å²) in [6.07, 6.45) is 9.36. The highest BCUT2D eigenvalue weighted by Gasteiger charge is 2.21. The number of hydrogen-bond donors (Lipinski definition) is 1. The molecular formula is C12H22O. The van der Waals surface area contributed by atoms with Gasteiger partial charge in [-0.1, -0.05) is 30.9 Å². The summed E-state index contributed by atoms with van der Waals surface area (Å²) in [6.45, 7) is 4.15. The van der Waals surface area contributed by atoms with Crippen LogP contribution in [0.2, 0.25) is 0 Å². The smallest absolute Gasteiger partial charge is 0.0605 e. The Balaban J connectivity index is 2.32. The Morgan fingerprint density at radius 3 is 2.54 bits per heavy atom. The summed E-state index contributed by atoms with van der Waals surface area (Å²) >= 11 is 0. The van der Waals surface area contributed by atoms with Gasteiger partial charge in [-0.25, -0.2) is 0 Å². The summed E-state index contributed by atoms with van der Waals surface area (Å²) < 4.78 is 0. The molecule has 1 saturated carbocycles. The van der Waals surface area contributed by atoms with Gasteiger partial charge in [0.2, 0.25) is 0 Å². The van der Waals surface area contributed by atoms with Crippen molar-refractivity contribution in [1.82, 2.24) is 0 Å². The molecule has 1 fully saturated rings. The van der Waals surface area contributed by atoms with Crippen LogP contribution in [0.3, 0.4) is 0 Å². The van der Waals surface area contributed by atoms with Crippen LogP contribution in [0, 0.1) is 5.92 Å². The zero-order valence-corrected chi connectivity index (χ0v) is 8.92. The summed E-state index contributed by atoms with van der Waals surface area (Å²) in [6, 6.07) is 0. The van der Waals surface area contributed by atoms with Gasteiger partial charge < -0.3 is 5.11 Å². The van der Waals surface area contributed by atoms with E-state index in [2.05, 4.69) is 13.0 Å². The monoisotopic (exact) mass is 182 g/mol. The van der Waals surface area contributed by atoms with Crippen molar-refractivity contribution >= 4 is 0 Å². The first-order valence-electron chi connectivity index (χ1n) is 5.54. The lowest BCUT2D eigenvalue weighted by molar-refractivity contribution is 0.0850. The Bertz CT molecular complexity index is 166. The van der Waals surface area contributed by atoms with Crippen LogP contribution < -0.4 is 0 Å². The van der Waals surface area contributed by atoms with Gasteiger partial charge in [0, 0.05) is 0 Å². The fraction of sp³-hybridized carbons (Fsp3) is 0.833. The lowest BCUT2D eigenvalue weighted by atomic mass is 9.83. The van der Waals surface area contributed by atoms with Crippen LogP contribution in [0.4, 0.5) is 0 Å². The van der Waals surface area contributed by atoms with Gasteiger partial charge in [-0.05, 0) is 39.0 Å². The van der Waals surface area contributed by atoms with Gasteiger partial charge >= 0.3 is 0 Å². The van der Waals surface area contributed by atoms with E-state index in [0.717, 1.165) is 6.42 Å². The summed E-state index contributed by atoms with van der Waals surface area (Å²) in [5.74, 6) is 0.573. The van der Waals surface area contributed by atoms with Crippen molar-refractivity contribution < 1.29 is 5.11 Å². The van der Waals surface area contributed by atoms with Crippen LogP contribution in [-0.4, -0.2) is 11.2 Å². The number of allylic oxidation sites excluding steroid dienone is 1. The second kappa shape index (κ2) is 5.43. The topological polar surface area (TPSA) is 20.2 Å². The molecule has 13 heavy (non-hydrogen) atoms. The Hall–Kier alpha value is -0.300. The molecule has 0 spiro atoms.